The molecule has 0 aliphatic carbocycles. The van der Waals surface area contributed by atoms with Gasteiger partial charge in [0, 0.05) is 6.92 Å². The standard InChI is InChI=1S/C11H12N2O2/c1-8-5-3-4-6-10(8)14-7-11-12-9(2)15-13-11/h3-6H,7H2,1-2H3. The maximum atomic E-state index is 5.55. The Labute approximate surface area is 87.9 Å². The van der Waals surface area contributed by atoms with Gasteiger partial charge >= 0.3 is 0 Å². The molecule has 0 spiro atoms. The van der Waals surface area contributed by atoms with E-state index in [1.54, 1.807) is 6.92 Å². The summed E-state index contributed by atoms with van der Waals surface area (Å²) in [5, 5.41) is 3.75. The smallest absolute Gasteiger partial charge is 0.223 e. The summed E-state index contributed by atoms with van der Waals surface area (Å²) in [6.45, 7) is 4.09. The SMILES string of the molecule is Cc1nc(COc2ccccc2C)no1. The van der Waals surface area contributed by atoms with E-state index in [1.807, 2.05) is 31.2 Å². The second-order valence-electron chi connectivity index (χ2n) is 3.28. The summed E-state index contributed by atoms with van der Waals surface area (Å²) in [5.41, 5.74) is 1.10. The molecule has 0 amide bonds. The van der Waals surface area contributed by atoms with Crippen LogP contribution in [0.3, 0.4) is 0 Å². The lowest BCUT2D eigenvalue weighted by molar-refractivity contribution is 0.284. The molecular formula is C11H12N2O2. The van der Waals surface area contributed by atoms with Crippen LogP contribution in [0.1, 0.15) is 17.3 Å². The van der Waals surface area contributed by atoms with Crippen molar-refractivity contribution in [1.82, 2.24) is 10.1 Å². The van der Waals surface area contributed by atoms with E-state index in [4.69, 9.17) is 9.26 Å². The molecule has 0 N–H and O–H groups in total. The van der Waals surface area contributed by atoms with Crippen LogP contribution < -0.4 is 4.74 Å². The van der Waals surface area contributed by atoms with E-state index in [0.29, 0.717) is 18.3 Å². The number of ether oxygens (including phenoxy) is 1. The lowest BCUT2D eigenvalue weighted by Crippen LogP contribution is -1.98. The van der Waals surface area contributed by atoms with Crippen molar-refractivity contribution in [3.8, 4) is 5.75 Å². The molecule has 0 saturated heterocycles. The molecule has 0 fully saturated rings. The van der Waals surface area contributed by atoms with Gasteiger partial charge in [0.2, 0.25) is 11.7 Å². The minimum atomic E-state index is 0.336. The fourth-order valence-electron chi connectivity index (χ4n) is 1.26. The number of aromatic nitrogens is 2. The maximum absolute atomic E-state index is 5.55. The Hall–Kier alpha value is -1.84. The Kier molecular flexibility index (Phi) is 2.67. The second-order valence-corrected chi connectivity index (χ2v) is 3.28. The highest BCUT2D eigenvalue weighted by Crippen LogP contribution is 2.17. The molecule has 0 unspecified atom stereocenters. The van der Waals surface area contributed by atoms with Gasteiger partial charge < -0.3 is 9.26 Å². The molecule has 0 atom stereocenters. The fraction of sp³-hybridized carbons (Fsp3) is 0.273. The van der Waals surface area contributed by atoms with E-state index < -0.39 is 0 Å². The van der Waals surface area contributed by atoms with Crippen LogP contribution in [-0.4, -0.2) is 10.1 Å². The number of hydrogen-bond donors (Lipinski definition) is 0. The minimum absolute atomic E-state index is 0.336. The van der Waals surface area contributed by atoms with Crippen LogP contribution in [-0.2, 0) is 6.61 Å². The van der Waals surface area contributed by atoms with E-state index in [-0.39, 0.29) is 0 Å². The van der Waals surface area contributed by atoms with Gasteiger partial charge in [-0.15, -0.1) is 0 Å². The van der Waals surface area contributed by atoms with Crippen LogP contribution in [0.2, 0.25) is 0 Å². The first kappa shape index (κ1) is 9.71. The van der Waals surface area contributed by atoms with Crippen LogP contribution in [0, 0.1) is 13.8 Å². The summed E-state index contributed by atoms with van der Waals surface area (Å²) in [7, 11) is 0. The first-order valence-electron chi connectivity index (χ1n) is 4.73. The van der Waals surface area contributed by atoms with Crippen molar-refractivity contribution < 1.29 is 9.26 Å². The molecule has 4 nitrogen and oxygen atoms in total. The van der Waals surface area contributed by atoms with Gasteiger partial charge in [-0.05, 0) is 18.6 Å². The topological polar surface area (TPSA) is 48.2 Å². The van der Waals surface area contributed by atoms with Crippen LogP contribution in [0.25, 0.3) is 0 Å². The Morgan fingerprint density at radius 2 is 2.07 bits per heavy atom. The number of nitrogens with zero attached hydrogens (tertiary/aromatic N) is 2. The Morgan fingerprint density at radius 3 is 2.73 bits per heavy atom. The zero-order valence-corrected chi connectivity index (χ0v) is 8.73. The highest BCUT2D eigenvalue weighted by molar-refractivity contribution is 5.31. The molecule has 4 heteroatoms. The van der Waals surface area contributed by atoms with E-state index in [1.165, 1.54) is 0 Å². The van der Waals surface area contributed by atoms with Gasteiger partial charge in [-0.25, -0.2) is 0 Å². The molecule has 0 bridgehead atoms. The summed E-state index contributed by atoms with van der Waals surface area (Å²) in [4.78, 5) is 4.05. The highest BCUT2D eigenvalue weighted by Gasteiger charge is 2.03. The number of rotatable bonds is 3. The molecule has 2 rings (SSSR count). The highest BCUT2D eigenvalue weighted by atomic mass is 16.5. The van der Waals surface area contributed by atoms with Gasteiger partial charge in [0.1, 0.15) is 5.75 Å². The van der Waals surface area contributed by atoms with Crippen LogP contribution in [0.4, 0.5) is 0 Å². The molecule has 0 radical (unpaired) electrons. The van der Waals surface area contributed by atoms with Gasteiger partial charge in [0.05, 0.1) is 0 Å². The minimum Gasteiger partial charge on any atom is -0.485 e. The van der Waals surface area contributed by atoms with Crippen LogP contribution >= 0.6 is 0 Å². The number of benzene rings is 1. The molecule has 2 aromatic rings. The predicted octanol–water partition coefficient (Wildman–Crippen LogP) is 2.27. The molecule has 15 heavy (non-hydrogen) atoms. The zero-order valence-electron chi connectivity index (χ0n) is 8.73. The maximum Gasteiger partial charge on any atom is 0.223 e. The van der Waals surface area contributed by atoms with Crippen molar-refractivity contribution in [2.45, 2.75) is 20.5 Å². The van der Waals surface area contributed by atoms with Gasteiger partial charge in [0.25, 0.3) is 0 Å². The van der Waals surface area contributed by atoms with E-state index in [2.05, 4.69) is 10.1 Å². The largest absolute Gasteiger partial charge is 0.485 e. The lowest BCUT2D eigenvalue weighted by Gasteiger charge is -2.05. The summed E-state index contributed by atoms with van der Waals surface area (Å²) in [6.07, 6.45) is 0. The van der Waals surface area contributed by atoms with Crippen molar-refractivity contribution >= 4 is 0 Å². The van der Waals surface area contributed by atoms with Crippen molar-refractivity contribution in [1.29, 1.82) is 0 Å². The van der Waals surface area contributed by atoms with Gasteiger partial charge in [0.15, 0.2) is 6.61 Å². The average Bonchev–Trinajstić information content (AvgIpc) is 2.63. The first-order valence-corrected chi connectivity index (χ1v) is 4.73. The van der Waals surface area contributed by atoms with E-state index in [9.17, 15) is 0 Å². The Balaban J connectivity index is 2.02. The molecule has 1 aromatic carbocycles. The number of hydrogen-bond acceptors (Lipinski definition) is 4. The third-order valence-electron chi connectivity index (χ3n) is 2.02. The van der Waals surface area contributed by atoms with Gasteiger partial charge in [-0.2, -0.15) is 4.98 Å². The molecule has 1 heterocycles. The molecule has 0 aliphatic rings. The fourth-order valence-corrected chi connectivity index (χ4v) is 1.26. The number of para-hydroxylation sites is 1. The van der Waals surface area contributed by atoms with Crippen LogP contribution in [0.15, 0.2) is 28.8 Å². The van der Waals surface area contributed by atoms with Crippen molar-refractivity contribution in [3.05, 3.63) is 41.5 Å². The normalized spacial score (nSPS) is 10.3. The van der Waals surface area contributed by atoms with Gasteiger partial charge in [-0.3, -0.25) is 0 Å². The van der Waals surface area contributed by atoms with Crippen molar-refractivity contribution in [2.75, 3.05) is 0 Å². The molecule has 78 valence electrons. The number of aryl methyl sites for hydroxylation is 2. The van der Waals surface area contributed by atoms with Crippen molar-refractivity contribution in [3.63, 3.8) is 0 Å². The monoisotopic (exact) mass is 204 g/mol. The molecule has 0 aliphatic heterocycles. The van der Waals surface area contributed by atoms with Crippen molar-refractivity contribution in [2.24, 2.45) is 0 Å². The summed E-state index contributed by atoms with van der Waals surface area (Å²) >= 11 is 0. The first-order chi connectivity index (χ1) is 7.25. The summed E-state index contributed by atoms with van der Waals surface area (Å²) in [5.74, 6) is 1.97. The lowest BCUT2D eigenvalue weighted by atomic mass is 10.2. The van der Waals surface area contributed by atoms with Crippen LogP contribution in [0.5, 0.6) is 5.75 Å². The Morgan fingerprint density at radius 1 is 1.27 bits per heavy atom. The second kappa shape index (κ2) is 4.13. The van der Waals surface area contributed by atoms with Gasteiger partial charge in [-0.1, -0.05) is 23.4 Å². The third kappa shape index (κ3) is 2.34. The molecular weight excluding hydrogens is 192 g/mol. The quantitative estimate of drug-likeness (QED) is 0.769. The zero-order chi connectivity index (χ0) is 10.7. The Bertz CT molecular complexity index is 451. The summed E-state index contributed by atoms with van der Waals surface area (Å²) < 4.78 is 10.4. The third-order valence-corrected chi connectivity index (χ3v) is 2.02. The molecule has 1 aromatic heterocycles. The summed E-state index contributed by atoms with van der Waals surface area (Å²) in [6, 6.07) is 7.82. The van der Waals surface area contributed by atoms with E-state index >= 15 is 0 Å². The predicted molar refractivity (Wildman–Crippen MR) is 54.5 cm³/mol. The molecule has 0 saturated carbocycles. The van der Waals surface area contributed by atoms with E-state index in [0.717, 1.165) is 11.3 Å². The average molecular weight is 204 g/mol.